The van der Waals surface area contributed by atoms with Gasteiger partial charge in [-0.05, 0) is 13.3 Å². The fourth-order valence-corrected chi connectivity index (χ4v) is 1.33. The summed E-state index contributed by atoms with van der Waals surface area (Å²) in [5.74, 6) is -0.591. The molecule has 5 heteroatoms. The van der Waals surface area contributed by atoms with E-state index in [9.17, 15) is 20.1 Å². The van der Waals surface area contributed by atoms with E-state index in [1.54, 1.807) is 6.92 Å². The Morgan fingerprint density at radius 1 is 1.31 bits per heavy atom. The number of aliphatic hydroxyl groups is 3. The fraction of sp³-hybridized carbons (Fsp3) is 0.727. The van der Waals surface area contributed by atoms with Gasteiger partial charge in [0.15, 0.2) is 0 Å². The lowest BCUT2D eigenvalue weighted by atomic mass is 9.83. The Hall–Kier alpha value is -0.910. The highest BCUT2D eigenvalue weighted by Crippen LogP contribution is 2.26. The van der Waals surface area contributed by atoms with Crippen LogP contribution in [0.25, 0.3) is 0 Å². The van der Waals surface area contributed by atoms with Crippen LogP contribution in [0.15, 0.2) is 12.2 Å². The first-order valence-electron chi connectivity index (χ1n) is 5.16. The first-order valence-corrected chi connectivity index (χ1v) is 5.16. The molecule has 0 rings (SSSR count). The van der Waals surface area contributed by atoms with E-state index in [4.69, 9.17) is 4.74 Å². The molecule has 0 heterocycles. The van der Waals surface area contributed by atoms with Gasteiger partial charge in [-0.25, -0.2) is 4.79 Å². The number of rotatable bonds is 7. The standard InChI is InChI=1S/C11H20O5/c1-4-9(16-10(15)8(2)3)11(5-12,6-13)7-14/h9,12-14H,2,4-7H2,1,3H3. The number of aliphatic hydroxyl groups excluding tert-OH is 3. The number of carbonyl (C=O) groups excluding carboxylic acids is 1. The summed E-state index contributed by atoms with van der Waals surface area (Å²) < 4.78 is 5.08. The lowest BCUT2D eigenvalue weighted by Gasteiger charge is -2.35. The molecule has 1 unspecified atom stereocenters. The third-order valence-corrected chi connectivity index (χ3v) is 2.60. The van der Waals surface area contributed by atoms with Crippen LogP contribution in [0.5, 0.6) is 0 Å². The second-order valence-electron chi connectivity index (χ2n) is 3.92. The molecule has 0 aliphatic rings. The van der Waals surface area contributed by atoms with Crippen LogP contribution in [0.4, 0.5) is 0 Å². The van der Waals surface area contributed by atoms with E-state index in [0.29, 0.717) is 6.42 Å². The zero-order valence-corrected chi connectivity index (χ0v) is 9.77. The zero-order valence-electron chi connectivity index (χ0n) is 9.77. The van der Waals surface area contributed by atoms with Crippen molar-refractivity contribution in [3.63, 3.8) is 0 Å². The van der Waals surface area contributed by atoms with Crippen LogP contribution in [-0.2, 0) is 9.53 Å². The van der Waals surface area contributed by atoms with E-state index < -0.39 is 37.3 Å². The second-order valence-corrected chi connectivity index (χ2v) is 3.92. The molecule has 0 aliphatic heterocycles. The summed E-state index contributed by atoms with van der Waals surface area (Å²) in [5.41, 5.74) is -0.971. The Balaban J connectivity index is 4.81. The smallest absolute Gasteiger partial charge is 0.333 e. The fourth-order valence-electron chi connectivity index (χ4n) is 1.33. The lowest BCUT2D eigenvalue weighted by Crippen LogP contribution is -2.47. The first-order chi connectivity index (χ1) is 7.47. The minimum absolute atomic E-state index is 0.237. The Kier molecular flexibility index (Phi) is 6.25. The predicted octanol–water partition coefficient (Wildman–Crippen LogP) is -0.152. The SMILES string of the molecule is C=C(C)C(=O)OC(CC)C(CO)(CO)CO. The van der Waals surface area contributed by atoms with E-state index in [1.807, 2.05) is 0 Å². The van der Waals surface area contributed by atoms with Gasteiger partial charge in [-0.15, -0.1) is 0 Å². The summed E-state index contributed by atoms with van der Waals surface area (Å²) in [5, 5.41) is 27.6. The zero-order chi connectivity index (χ0) is 12.8. The van der Waals surface area contributed by atoms with E-state index >= 15 is 0 Å². The highest BCUT2D eigenvalue weighted by atomic mass is 16.5. The predicted molar refractivity (Wildman–Crippen MR) is 58.7 cm³/mol. The van der Waals surface area contributed by atoms with Crippen molar-refractivity contribution < 1.29 is 24.9 Å². The summed E-state index contributed by atoms with van der Waals surface area (Å²) >= 11 is 0. The highest BCUT2D eigenvalue weighted by Gasteiger charge is 2.39. The van der Waals surface area contributed by atoms with Gasteiger partial charge in [0.1, 0.15) is 6.10 Å². The third-order valence-electron chi connectivity index (χ3n) is 2.60. The molecule has 16 heavy (non-hydrogen) atoms. The molecule has 0 saturated heterocycles. The average molecular weight is 232 g/mol. The molecule has 0 bridgehead atoms. The minimum atomic E-state index is -1.21. The van der Waals surface area contributed by atoms with Crippen LogP contribution in [0, 0.1) is 5.41 Å². The van der Waals surface area contributed by atoms with Crippen molar-refractivity contribution in [2.24, 2.45) is 5.41 Å². The molecular formula is C11H20O5. The van der Waals surface area contributed by atoms with Crippen molar-refractivity contribution in [2.45, 2.75) is 26.4 Å². The van der Waals surface area contributed by atoms with Crippen LogP contribution >= 0.6 is 0 Å². The van der Waals surface area contributed by atoms with Gasteiger partial charge in [-0.1, -0.05) is 13.5 Å². The van der Waals surface area contributed by atoms with Gasteiger partial charge in [-0.3, -0.25) is 0 Å². The number of ether oxygens (including phenoxy) is 1. The molecule has 0 fully saturated rings. The van der Waals surface area contributed by atoms with Gasteiger partial charge in [-0.2, -0.15) is 0 Å². The summed E-state index contributed by atoms with van der Waals surface area (Å²) in [6.07, 6.45) is -0.350. The number of hydrogen-bond acceptors (Lipinski definition) is 5. The molecule has 1 atom stereocenters. The van der Waals surface area contributed by atoms with Crippen molar-refractivity contribution in [2.75, 3.05) is 19.8 Å². The van der Waals surface area contributed by atoms with Gasteiger partial charge in [0, 0.05) is 5.57 Å². The maximum Gasteiger partial charge on any atom is 0.333 e. The molecule has 5 nitrogen and oxygen atoms in total. The molecule has 0 radical (unpaired) electrons. The highest BCUT2D eigenvalue weighted by molar-refractivity contribution is 5.87. The summed E-state index contributed by atoms with van der Waals surface area (Å²) in [6.45, 7) is 5.32. The van der Waals surface area contributed by atoms with Gasteiger partial charge in [0.2, 0.25) is 0 Å². The monoisotopic (exact) mass is 232 g/mol. The second kappa shape index (κ2) is 6.62. The molecule has 0 aromatic heterocycles. The largest absolute Gasteiger partial charge is 0.458 e. The third kappa shape index (κ3) is 3.30. The molecule has 0 aromatic rings. The molecule has 0 amide bonds. The van der Waals surface area contributed by atoms with Crippen LogP contribution < -0.4 is 0 Å². The van der Waals surface area contributed by atoms with E-state index in [0.717, 1.165) is 0 Å². The summed E-state index contributed by atoms with van der Waals surface area (Å²) in [6, 6.07) is 0. The average Bonchev–Trinajstić information content (AvgIpc) is 2.29. The van der Waals surface area contributed by atoms with Gasteiger partial charge >= 0.3 is 5.97 Å². The van der Waals surface area contributed by atoms with Crippen molar-refractivity contribution in [1.29, 1.82) is 0 Å². The van der Waals surface area contributed by atoms with Crippen LogP contribution in [-0.4, -0.2) is 47.2 Å². The molecule has 3 N–H and O–H groups in total. The van der Waals surface area contributed by atoms with E-state index in [1.165, 1.54) is 6.92 Å². The van der Waals surface area contributed by atoms with Gasteiger partial charge in [0.25, 0.3) is 0 Å². The lowest BCUT2D eigenvalue weighted by molar-refractivity contribution is -0.161. The number of esters is 1. The Morgan fingerprint density at radius 3 is 2.00 bits per heavy atom. The number of hydrogen-bond donors (Lipinski definition) is 3. The van der Waals surface area contributed by atoms with Crippen LogP contribution in [0.2, 0.25) is 0 Å². The molecular weight excluding hydrogens is 212 g/mol. The van der Waals surface area contributed by atoms with Crippen molar-refractivity contribution in [1.82, 2.24) is 0 Å². The van der Waals surface area contributed by atoms with Crippen molar-refractivity contribution in [3.05, 3.63) is 12.2 Å². The van der Waals surface area contributed by atoms with Crippen LogP contribution in [0.1, 0.15) is 20.3 Å². The summed E-state index contributed by atoms with van der Waals surface area (Å²) in [7, 11) is 0. The van der Waals surface area contributed by atoms with E-state index in [-0.39, 0.29) is 5.57 Å². The quantitative estimate of drug-likeness (QED) is 0.419. The Labute approximate surface area is 95.4 Å². The molecule has 0 spiro atoms. The summed E-state index contributed by atoms with van der Waals surface area (Å²) in [4.78, 5) is 11.3. The maximum atomic E-state index is 11.3. The normalized spacial score (nSPS) is 13.3. The molecule has 0 aromatic carbocycles. The molecule has 0 saturated carbocycles. The first kappa shape index (κ1) is 15.1. The van der Waals surface area contributed by atoms with E-state index in [2.05, 4.69) is 6.58 Å². The minimum Gasteiger partial charge on any atom is -0.458 e. The topological polar surface area (TPSA) is 87.0 Å². The Morgan fingerprint density at radius 2 is 1.75 bits per heavy atom. The molecule has 94 valence electrons. The Bertz CT molecular complexity index is 236. The maximum absolute atomic E-state index is 11.3. The van der Waals surface area contributed by atoms with Crippen molar-refractivity contribution in [3.8, 4) is 0 Å². The van der Waals surface area contributed by atoms with Gasteiger partial charge < -0.3 is 20.1 Å². The van der Waals surface area contributed by atoms with Crippen molar-refractivity contribution >= 4 is 5.97 Å². The van der Waals surface area contributed by atoms with Crippen LogP contribution in [0.3, 0.4) is 0 Å². The van der Waals surface area contributed by atoms with Gasteiger partial charge in [0.05, 0.1) is 25.2 Å². The number of carbonyl (C=O) groups is 1. The molecule has 0 aliphatic carbocycles.